The summed E-state index contributed by atoms with van der Waals surface area (Å²) >= 11 is 0. The van der Waals surface area contributed by atoms with E-state index in [-0.39, 0.29) is 0 Å². The van der Waals surface area contributed by atoms with E-state index in [9.17, 15) is 0 Å². The van der Waals surface area contributed by atoms with Gasteiger partial charge in [-0.3, -0.25) is 0 Å². The second kappa shape index (κ2) is 6.86. The zero-order valence-electron chi connectivity index (χ0n) is 12.0. The van der Waals surface area contributed by atoms with Crippen LogP contribution in [0.25, 0.3) is 12.2 Å². The molecule has 1 aromatic carbocycles. The molecule has 0 aliphatic heterocycles. The molecular weight excluding hydrogens is 254 g/mol. The Labute approximate surface area is 118 Å². The highest BCUT2D eigenvalue weighted by atomic mass is 16.5. The van der Waals surface area contributed by atoms with Crippen LogP contribution in [0.2, 0.25) is 0 Å². The zero-order valence-corrected chi connectivity index (χ0v) is 12.0. The lowest BCUT2D eigenvalue weighted by atomic mass is 10.2. The number of hydrogen-bond acceptors (Lipinski definition) is 5. The summed E-state index contributed by atoms with van der Waals surface area (Å²) in [4.78, 5) is 4.32. The molecule has 0 saturated carbocycles. The molecule has 0 aliphatic rings. The summed E-state index contributed by atoms with van der Waals surface area (Å²) in [5.41, 5.74) is 1.05. The number of benzene rings is 1. The summed E-state index contributed by atoms with van der Waals surface area (Å²) < 4.78 is 10.3. The van der Waals surface area contributed by atoms with Gasteiger partial charge in [-0.2, -0.15) is 4.98 Å². The third-order valence-corrected chi connectivity index (χ3v) is 3.00. The van der Waals surface area contributed by atoms with Gasteiger partial charge in [0.1, 0.15) is 5.75 Å². The van der Waals surface area contributed by atoms with Gasteiger partial charge in [0.15, 0.2) is 5.82 Å². The molecule has 1 N–H and O–H groups in total. The van der Waals surface area contributed by atoms with Crippen LogP contribution in [-0.2, 0) is 6.42 Å². The van der Waals surface area contributed by atoms with Gasteiger partial charge in [0.2, 0.25) is 0 Å². The first kappa shape index (κ1) is 14.3. The number of nitrogens with zero attached hydrogens (tertiary/aromatic N) is 2. The largest absolute Gasteiger partial charge is 0.497 e. The summed E-state index contributed by atoms with van der Waals surface area (Å²) in [6.07, 6.45) is 4.48. The highest BCUT2D eigenvalue weighted by Crippen LogP contribution is 2.13. The van der Waals surface area contributed by atoms with Crippen LogP contribution in [0.4, 0.5) is 0 Å². The van der Waals surface area contributed by atoms with Crippen LogP contribution >= 0.6 is 0 Å². The van der Waals surface area contributed by atoms with Crippen molar-refractivity contribution in [3.8, 4) is 5.75 Å². The first-order chi connectivity index (χ1) is 9.71. The number of nitrogens with one attached hydrogen (secondary N) is 1. The van der Waals surface area contributed by atoms with Crippen molar-refractivity contribution < 1.29 is 9.26 Å². The van der Waals surface area contributed by atoms with Crippen LogP contribution in [0.3, 0.4) is 0 Å². The predicted molar refractivity (Wildman–Crippen MR) is 78.4 cm³/mol. The topological polar surface area (TPSA) is 60.2 Å². The maximum Gasteiger partial charge on any atom is 0.250 e. The van der Waals surface area contributed by atoms with Gasteiger partial charge >= 0.3 is 0 Å². The van der Waals surface area contributed by atoms with Crippen LogP contribution in [0.5, 0.6) is 5.75 Å². The quantitative estimate of drug-likeness (QED) is 0.875. The summed E-state index contributed by atoms with van der Waals surface area (Å²) in [5.74, 6) is 2.06. The van der Waals surface area contributed by atoms with E-state index in [4.69, 9.17) is 9.26 Å². The molecule has 2 aromatic rings. The van der Waals surface area contributed by atoms with E-state index in [1.165, 1.54) is 0 Å². The lowest BCUT2D eigenvalue weighted by molar-refractivity contribution is 0.400. The average molecular weight is 273 g/mol. The SMILES string of the molecule is CNC(C)Cc1noc(/C=C/c2ccc(OC)cc2)n1. The number of likely N-dealkylation sites (N-methyl/N-ethyl adjacent to an activating group) is 1. The Morgan fingerprint density at radius 1 is 1.30 bits per heavy atom. The van der Waals surface area contributed by atoms with E-state index in [0.29, 0.717) is 17.8 Å². The van der Waals surface area contributed by atoms with Crippen LogP contribution < -0.4 is 10.1 Å². The highest BCUT2D eigenvalue weighted by molar-refractivity contribution is 5.66. The summed E-state index contributed by atoms with van der Waals surface area (Å²) in [5, 5.41) is 7.09. The van der Waals surface area contributed by atoms with Gasteiger partial charge in [0.05, 0.1) is 7.11 Å². The van der Waals surface area contributed by atoms with Crippen LogP contribution in [0, 0.1) is 0 Å². The standard InChI is InChI=1S/C15H19N3O2/c1-11(16-2)10-14-17-15(20-18-14)9-6-12-4-7-13(19-3)8-5-12/h4-9,11,16H,10H2,1-3H3/b9-6+. The first-order valence-electron chi connectivity index (χ1n) is 6.53. The predicted octanol–water partition coefficient (Wildman–Crippen LogP) is 2.40. The van der Waals surface area contributed by atoms with Crippen molar-refractivity contribution in [2.75, 3.05) is 14.2 Å². The number of ether oxygens (including phenoxy) is 1. The van der Waals surface area contributed by atoms with E-state index in [2.05, 4.69) is 22.4 Å². The molecule has 5 nitrogen and oxygen atoms in total. The Morgan fingerprint density at radius 3 is 2.70 bits per heavy atom. The third kappa shape index (κ3) is 3.93. The van der Waals surface area contributed by atoms with Crippen molar-refractivity contribution in [2.24, 2.45) is 0 Å². The van der Waals surface area contributed by atoms with Gasteiger partial charge in [-0.05, 0) is 37.7 Å². The van der Waals surface area contributed by atoms with Gasteiger partial charge in [-0.15, -0.1) is 0 Å². The second-order valence-corrected chi connectivity index (χ2v) is 4.55. The van der Waals surface area contributed by atoms with Crippen LogP contribution in [0.15, 0.2) is 28.8 Å². The minimum absolute atomic E-state index is 0.325. The van der Waals surface area contributed by atoms with Crippen molar-refractivity contribution in [1.29, 1.82) is 0 Å². The van der Waals surface area contributed by atoms with E-state index in [1.807, 2.05) is 43.5 Å². The molecule has 2 rings (SSSR count). The van der Waals surface area contributed by atoms with Crippen molar-refractivity contribution >= 4 is 12.2 Å². The summed E-state index contributed by atoms with van der Waals surface area (Å²) in [6, 6.07) is 8.08. The Kier molecular flexibility index (Phi) is 4.90. The maximum atomic E-state index is 5.18. The first-order valence-corrected chi connectivity index (χ1v) is 6.53. The third-order valence-electron chi connectivity index (χ3n) is 3.00. The number of hydrogen-bond donors (Lipinski definition) is 1. The Hall–Kier alpha value is -2.14. The fourth-order valence-corrected chi connectivity index (χ4v) is 1.68. The fraction of sp³-hybridized carbons (Fsp3) is 0.333. The zero-order chi connectivity index (χ0) is 14.4. The second-order valence-electron chi connectivity index (χ2n) is 4.55. The van der Waals surface area contributed by atoms with Gasteiger partial charge in [-0.25, -0.2) is 0 Å². The summed E-state index contributed by atoms with van der Waals surface area (Å²) in [6.45, 7) is 2.07. The fourth-order valence-electron chi connectivity index (χ4n) is 1.68. The molecule has 1 atom stereocenters. The highest BCUT2D eigenvalue weighted by Gasteiger charge is 2.07. The molecule has 5 heteroatoms. The van der Waals surface area contributed by atoms with E-state index in [1.54, 1.807) is 7.11 Å². The van der Waals surface area contributed by atoms with E-state index in [0.717, 1.165) is 17.7 Å². The summed E-state index contributed by atoms with van der Waals surface area (Å²) in [7, 11) is 3.56. The molecule has 0 bridgehead atoms. The average Bonchev–Trinajstić information content (AvgIpc) is 2.93. The van der Waals surface area contributed by atoms with Gasteiger partial charge in [0, 0.05) is 18.5 Å². The Morgan fingerprint density at radius 2 is 2.05 bits per heavy atom. The van der Waals surface area contributed by atoms with Crippen molar-refractivity contribution in [1.82, 2.24) is 15.5 Å². The molecule has 0 fully saturated rings. The smallest absolute Gasteiger partial charge is 0.250 e. The molecule has 0 amide bonds. The molecule has 1 aromatic heterocycles. The Balaban J connectivity index is 2.00. The van der Waals surface area contributed by atoms with E-state index < -0.39 is 0 Å². The minimum Gasteiger partial charge on any atom is -0.497 e. The molecule has 20 heavy (non-hydrogen) atoms. The number of aromatic nitrogens is 2. The van der Waals surface area contributed by atoms with E-state index >= 15 is 0 Å². The van der Waals surface area contributed by atoms with Crippen molar-refractivity contribution in [2.45, 2.75) is 19.4 Å². The molecule has 0 saturated heterocycles. The van der Waals surface area contributed by atoms with Crippen molar-refractivity contribution in [3.63, 3.8) is 0 Å². The van der Waals surface area contributed by atoms with Gasteiger partial charge < -0.3 is 14.6 Å². The van der Waals surface area contributed by atoms with Crippen molar-refractivity contribution in [3.05, 3.63) is 41.5 Å². The lowest BCUT2D eigenvalue weighted by Gasteiger charge is -2.04. The molecule has 1 heterocycles. The normalized spacial score (nSPS) is 12.8. The minimum atomic E-state index is 0.325. The molecule has 106 valence electrons. The molecular formula is C15H19N3O2. The van der Waals surface area contributed by atoms with Gasteiger partial charge in [-0.1, -0.05) is 17.3 Å². The number of methoxy groups -OCH3 is 1. The lowest BCUT2D eigenvalue weighted by Crippen LogP contribution is -2.24. The maximum absolute atomic E-state index is 5.18. The molecule has 0 spiro atoms. The molecule has 0 aliphatic carbocycles. The Bertz CT molecular complexity index is 561. The number of rotatable bonds is 6. The molecule has 0 radical (unpaired) electrons. The van der Waals surface area contributed by atoms with Crippen LogP contribution in [0.1, 0.15) is 24.2 Å². The van der Waals surface area contributed by atoms with Gasteiger partial charge in [0.25, 0.3) is 5.89 Å². The monoisotopic (exact) mass is 273 g/mol. The van der Waals surface area contributed by atoms with Crippen LogP contribution in [-0.4, -0.2) is 30.3 Å². The molecule has 1 unspecified atom stereocenters.